The first-order chi connectivity index (χ1) is 15.0. The molecule has 4 heterocycles. The minimum Gasteiger partial charge on any atom is -0.369 e. The van der Waals surface area contributed by atoms with Crippen LogP contribution < -0.4 is 15.8 Å². The molecule has 0 aliphatic carbocycles. The number of benzene rings is 1. The third-order valence-electron chi connectivity index (χ3n) is 6.36. The van der Waals surface area contributed by atoms with Crippen molar-refractivity contribution in [2.24, 2.45) is 4.99 Å². The van der Waals surface area contributed by atoms with Crippen molar-refractivity contribution in [3.63, 3.8) is 0 Å². The molecule has 31 heavy (non-hydrogen) atoms. The van der Waals surface area contributed by atoms with Crippen LogP contribution in [0.15, 0.2) is 51.7 Å². The molecule has 3 aliphatic heterocycles. The topological polar surface area (TPSA) is 100 Å². The van der Waals surface area contributed by atoms with Gasteiger partial charge in [-0.05, 0) is 57.5 Å². The Balaban J connectivity index is 1.41. The molecule has 8 nitrogen and oxygen atoms in total. The number of H-pyrrole nitrogens is 1. The first-order valence-corrected chi connectivity index (χ1v) is 10.8. The van der Waals surface area contributed by atoms with Crippen molar-refractivity contribution in [1.82, 2.24) is 20.2 Å². The van der Waals surface area contributed by atoms with E-state index in [-0.39, 0.29) is 17.1 Å². The average molecular weight is 418 g/mol. The van der Waals surface area contributed by atoms with Gasteiger partial charge in [0.1, 0.15) is 0 Å². The van der Waals surface area contributed by atoms with Crippen LogP contribution in [0.1, 0.15) is 32.5 Å². The number of rotatable bonds is 3. The Morgan fingerprint density at radius 3 is 2.97 bits per heavy atom. The Hall–Kier alpha value is -3.26. The monoisotopic (exact) mass is 417 g/mol. The van der Waals surface area contributed by atoms with E-state index in [1.165, 1.54) is 19.4 Å². The van der Waals surface area contributed by atoms with Gasteiger partial charge in [0.15, 0.2) is 5.82 Å². The van der Waals surface area contributed by atoms with E-state index in [1.54, 1.807) is 12.3 Å². The summed E-state index contributed by atoms with van der Waals surface area (Å²) in [5.74, 6) is 0.248. The lowest BCUT2D eigenvalue weighted by Crippen LogP contribution is -2.50. The van der Waals surface area contributed by atoms with E-state index in [9.17, 15) is 4.79 Å². The number of fused-ring (bicyclic) bond motifs is 2. The predicted octanol–water partition coefficient (Wildman–Crippen LogP) is 2.38. The fraction of sp³-hybridized carbons (Fsp3) is 0.391. The first-order valence-electron chi connectivity index (χ1n) is 10.8. The molecule has 0 radical (unpaired) electrons. The summed E-state index contributed by atoms with van der Waals surface area (Å²) < 4.78 is 0. The van der Waals surface area contributed by atoms with Gasteiger partial charge in [0, 0.05) is 37.6 Å². The fourth-order valence-electron chi connectivity index (χ4n) is 4.68. The summed E-state index contributed by atoms with van der Waals surface area (Å²) in [6.07, 6.45) is 5.96. The van der Waals surface area contributed by atoms with Crippen molar-refractivity contribution in [1.29, 1.82) is 5.41 Å². The lowest BCUT2D eigenvalue weighted by molar-refractivity contribution is 0.231. The maximum absolute atomic E-state index is 12.8. The van der Waals surface area contributed by atoms with Crippen molar-refractivity contribution in [2.75, 3.05) is 31.1 Å². The first kappa shape index (κ1) is 19.7. The van der Waals surface area contributed by atoms with Crippen LogP contribution in [0.25, 0.3) is 10.9 Å². The van der Waals surface area contributed by atoms with E-state index in [0.717, 1.165) is 42.4 Å². The maximum atomic E-state index is 12.8. The molecule has 1 aromatic carbocycles. The lowest BCUT2D eigenvalue weighted by Gasteiger charge is -2.38. The fourth-order valence-corrected chi connectivity index (χ4v) is 4.68. The molecule has 2 saturated heterocycles. The van der Waals surface area contributed by atoms with Gasteiger partial charge < -0.3 is 15.2 Å². The summed E-state index contributed by atoms with van der Waals surface area (Å²) in [4.78, 5) is 29.5. The van der Waals surface area contributed by atoms with Gasteiger partial charge in [0.05, 0.1) is 33.7 Å². The van der Waals surface area contributed by atoms with Crippen LogP contribution in [0, 0.1) is 5.41 Å². The number of piperazine rings is 1. The highest BCUT2D eigenvalue weighted by atomic mass is 16.1. The summed E-state index contributed by atoms with van der Waals surface area (Å²) in [5.41, 5.74) is 3.97. The Kier molecular flexibility index (Phi) is 4.94. The zero-order chi connectivity index (χ0) is 21.5. The van der Waals surface area contributed by atoms with Gasteiger partial charge in [-0.25, -0.2) is 4.98 Å². The Labute approximate surface area is 180 Å². The van der Waals surface area contributed by atoms with Crippen molar-refractivity contribution in [3.8, 4) is 0 Å². The molecule has 2 fully saturated rings. The molecule has 0 amide bonds. The molecule has 160 valence electrons. The molecule has 1 unspecified atom stereocenters. The van der Waals surface area contributed by atoms with Crippen LogP contribution in [0.5, 0.6) is 0 Å². The summed E-state index contributed by atoms with van der Waals surface area (Å²) in [5, 5.41) is 12.1. The third-order valence-corrected chi connectivity index (χ3v) is 6.36. The van der Waals surface area contributed by atoms with Gasteiger partial charge in [0.2, 0.25) is 0 Å². The molecule has 0 bridgehead atoms. The zero-order valence-electron chi connectivity index (χ0n) is 17.9. The highest BCUT2D eigenvalue weighted by molar-refractivity contribution is 6.11. The molecule has 3 aliphatic rings. The Morgan fingerprint density at radius 1 is 1.26 bits per heavy atom. The van der Waals surface area contributed by atoms with E-state index in [0.29, 0.717) is 16.9 Å². The maximum Gasteiger partial charge on any atom is 0.259 e. The largest absolute Gasteiger partial charge is 0.369 e. The summed E-state index contributed by atoms with van der Waals surface area (Å²) >= 11 is 0. The summed E-state index contributed by atoms with van der Waals surface area (Å²) in [6, 6.07) is 6.49. The van der Waals surface area contributed by atoms with Gasteiger partial charge in [-0.3, -0.25) is 20.1 Å². The van der Waals surface area contributed by atoms with Crippen LogP contribution in [0.4, 0.5) is 5.69 Å². The minimum atomic E-state index is -0.220. The highest BCUT2D eigenvalue weighted by Crippen LogP contribution is 2.26. The quantitative estimate of drug-likeness (QED) is 0.666. The van der Waals surface area contributed by atoms with E-state index in [1.807, 2.05) is 32.0 Å². The van der Waals surface area contributed by atoms with Gasteiger partial charge in [-0.1, -0.05) is 0 Å². The Morgan fingerprint density at radius 2 is 2.13 bits per heavy atom. The van der Waals surface area contributed by atoms with Crippen molar-refractivity contribution >= 4 is 28.0 Å². The molecular formula is C23H27N7O. The zero-order valence-corrected chi connectivity index (χ0v) is 17.9. The van der Waals surface area contributed by atoms with E-state index in [2.05, 4.69) is 30.1 Å². The van der Waals surface area contributed by atoms with Crippen LogP contribution >= 0.6 is 0 Å². The van der Waals surface area contributed by atoms with Gasteiger partial charge in [-0.15, -0.1) is 0 Å². The number of hydrogen-bond donors (Lipinski definition) is 3. The predicted molar refractivity (Wildman–Crippen MR) is 124 cm³/mol. The van der Waals surface area contributed by atoms with Crippen LogP contribution in [-0.2, 0) is 0 Å². The number of aromatic nitrogens is 2. The van der Waals surface area contributed by atoms with Crippen molar-refractivity contribution in [2.45, 2.75) is 32.7 Å². The third kappa shape index (κ3) is 3.79. The number of allylic oxidation sites excluding steroid dienone is 3. The molecular weight excluding hydrogens is 390 g/mol. The molecule has 0 spiro atoms. The number of hydrogen-bond acceptors (Lipinski definition) is 7. The van der Waals surface area contributed by atoms with E-state index >= 15 is 0 Å². The van der Waals surface area contributed by atoms with Crippen LogP contribution in [0.3, 0.4) is 0 Å². The van der Waals surface area contributed by atoms with Crippen molar-refractivity contribution < 1.29 is 0 Å². The minimum absolute atomic E-state index is 0.130. The normalized spacial score (nSPS) is 22.8. The SMILES string of the molecule is CC1=CN/C(=C\C(=N)c2nc3ccc(N4CCN5CCCC5C4)cc3c(=O)[nH]2)C(C)=N1. The molecule has 3 N–H and O–H groups in total. The average Bonchev–Trinajstić information content (AvgIpc) is 3.23. The number of aromatic amines is 1. The van der Waals surface area contributed by atoms with E-state index < -0.39 is 0 Å². The summed E-state index contributed by atoms with van der Waals surface area (Å²) in [7, 11) is 0. The standard InChI is InChI=1S/C23H27N7O/c1-14-12-25-21(15(2)26-14)11-19(24)22-27-20-6-5-16(10-18(20)23(31)28-22)30-9-8-29-7-3-4-17(29)13-30/h5-6,10-12,17,24-25H,3-4,7-9,13H2,1-2H3,(H,27,28,31)/b21-11-,24-19?. The second kappa shape index (κ2) is 7.77. The van der Waals surface area contributed by atoms with Crippen molar-refractivity contribution in [3.05, 3.63) is 58.0 Å². The second-order valence-electron chi connectivity index (χ2n) is 8.49. The molecule has 8 heteroatoms. The molecule has 1 atom stereocenters. The lowest BCUT2D eigenvalue weighted by atomic mass is 10.1. The van der Waals surface area contributed by atoms with Gasteiger partial charge in [-0.2, -0.15) is 0 Å². The molecule has 0 saturated carbocycles. The number of aliphatic imine (C=N–C) groups is 1. The number of nitrogens with zero attached hydrogens (tertiary/aromatic N) is 4. The van der Waals surface area contributed by atoms with Gasteiger partial charge in [0.25, 0.3) is 5.56 Å². The highest BCUT2D eigenvalue weighted by Gasteiger charge is 2.30. The van der Waals surface area contributed by atoms with Crippen LogP contribution in [-0.4, -0.2) is 58.5 Å². The van der Waals surface area contributed by atoms with Gasteiger partial charge >= 0.3 is 0 Å². The molecule has 5 rings (SSSR count). The summed E-state index contributed by atoms with van der Waals surface area (Å²) in [6.45, 7) is 8.06. The molecule has 1 aromatic heterocycles. The van der Waals surface area contributed by atoms with E-state index in [4.69, 9.17) is 5.41 Å². The van der Waals surface area contributed by atoms with Crippen LogP contribution in [0.2, 0.25) is 0 Å². The number of nitrogens with one attached hydrogen (secondary N) is 3. The Bertz CT molecular complexity index is 1210. The second-order valence-corrected chi connectivity index (χ2v) is 8.49. The molecule has 2 aromatic rings. The number of anilines is 1. The smallest absolute Gasteiger partial charge is 0.259 e.